The lowest BCUT2D eigenvalue weighted by Gasteiger charge is -2.30. The Morgan fingerprint density at radius 3 is 2.29 bits per heavy atom. The molecule has 0 radical (unpaired) electrons. The average molecular weight is 311 g/mol. The lowest BCUT2D eigenvalue weighted by atomic mass is 10.0. The van der Waals surface area contributed by atoms with Crippen LogP contribution in [0.15, 0.2) is 29.2 Å². The number of hydrogen-bond acceptors (Lipinski definition) is 4. The smallest absolute Gasteiger partial charge is 0.178 e. The highest BCUT2D eigenvalue weighted by molar-refractivity contribution is 7.91. The third-order valence-electron chi connectivity index (χ3n) is 4.18. The summed E-state index contributed by atoms with van der Waals surface area (Å²) < 4.78 is 24.0. The number of aliphatic hydroxyl groups is 1. The van der Waals surface area contributed by atoms with Crippen molar-refractivity contribution in [1.82, 2.24) is 0 Å². The maximum absolute atomic E-state index is 12.0. The third kappa shape index (κ3) is 3.98. The van der Waals surface area contributed by atoms with E-state index in [9.17, 15) is 13.5 Å². The minimum absolute atomic E-state index is 0.182. The summed E-state index contributed by atoms with van der Waals surface area (Å²) in [5, 5.41) is 10.4. The molecule has 0 aliphatic heterocycles. The molecule has 0 amide bonds. The quantitative estimate of drug-likeness (QED) is 0.877. The Labute approximate surface area is 127 Å². The van der Waals surface area contributed by atoms with Crippen molar-refractivity contribution in [2.24, 2.45) is 0 Å². The molecule has 1 N–H and O–H groups in total. The van der Waals surface area contributed by atoms with Crippen LogP contribution in [0.5, 0.6) is 0 Å². The highest BCUT2D eigenvalue weighted by Gasteiger charge is 2.32. The van der Waals surface area contributed by atoms with Gasteiger partial charge in [0.25, 0.3) is 0 Å². The van der Waals surface area contributed by atoms with Gasteiger partial charge >= 0.3 is 0 Å². The van der Waals surface area contributed by atoms with Gasteiger partial charge in [-0.2, -0.15) is 0 Å². The Balaban J connectivity index is 2.08. The van der Waals surface area contributed by atoms with Gasteiger partial charge in [-0.25, -0.2) is 8.42 Å². The summed E-state index contributed by atoms with van der Waals surface area (Å²) in [7, 11) is -1.22. The van der Waals surface area contributed by atoms with Crippen molar-refractivity contribution < 1.29 is 13.5 Å². The van der Waals surface area contributed by atoms with E-state index in [0.29, 0.717) is 17.9 Å². The van der Waals surface area contributed by atoms with E-state index >= 15 is 0 Å². The van der Waals surface area contributed by atoms with Crippen molar-refractivity contribution in [2.75, 3.05) is 24.2 Å². The molecule has 1 saturated carbocycles. The van der Waals surface area contributed by atoms with Gasteiger partial charge in [0.2, 0.25) is 0 Å². The first kappa shape index (κ1) is 16.3. The van der Waals surface area contributed by atoms with Crippen LogP contribution in [0, 0.1) is 0 Å². The highest BCUT2D eigenvalue weighted by atomic mass is 32.2. The minimum Gasteiger partial charge on any atom is -0.388 e. The summed E-state index contributed by atoms with van der Waals surface area (Å²) in [6.07, 6.45) is 4.48. The fourth-order valence-corrected chi connectivity index (χ4v) is 4.34. The molecule has 118 valence electrons. The summed E-state index contributed by atoms with van der Waals surface area (Å²) in [4.78, 5) is 2.38. The summed E-state index contributed by atoms with van der Waals surface area (Å²) in [6.45, 7) is 2.45. The van der Waals surface area contributed by atoms with Crippen LogP contribution in [0.4, 0.5) is 5.69 Å². The lowest BCUT2D eigenvalue weighted by molar-refractivity contribution is 0.0559. The van der Waals surface area contributed by atoms with Crippen LogP contribution >= 0.6 is 0 Å². The van der Waals surface area contributed by atoms with Gasteiger partial charge in [0.05, 0.1) is 16.2 Å². The van der Waals surface area contributed by atoms with Crippen molar-refractivity contribution in [2.45, 2.75) is 49.5 Å². The first-order chi connectivity index (χ1) is 9.86. The molecule has 0 heterocycles. The molecule has 0 saturated heterocycles. The molecule has 0 aromatic heterocycles. The topological polar surface area (TPSA) is 57.6 Å². The molecule has 0 atom stereocenters. The van der Waals surface area contributed by atoms with Gasteiger partial charge < -0.3 is 10.0 Å². The van der Waals surface area contributed by atoms with Crippen LogP contribution in [-0.2, 0) is 9.84 Å². The number of sulfone groups is 1. The molecule has 1 aromatic rings. The van der Waals surface area contributed by atoms with Crippen LogP contribution in [0.2, 0.25) is 0 Å². The molecule has 4 nitrogen and oxygen atoms in total. The zero-order valence-electron chi connectivity index (χ0n) is 12.9. The van der Waals surface area contributed by atoms with E-state index in [-0.39, 0.29) is 5.75 Å². The molecular formula is C16H25NO3S. The van der Waals surface area contributed by atoms with Crippen molar-refractivity contribution in [1.29, 1.82) is 0 Å². The van der Waals surface area contributed by atoms with E-state index in [1.54, 1.807) is 12.1 Å². The molecule has 1 aromatic carbocycles. The number of benzene rings is 1. The fraction of sp³-hybridized carbons (Fsp3) is 0.625. The van der Waals surface area contributed by atoms with E-state index in [4.69, 9.17) is 0 Å². The molecule has 0 bridgehead atoms. The molecule has 1 fully saturated rings. The molecule has 0 unspecified atom stereocenters. The van der Waals surface area contributed by atoms with Gasteiger partial charge in [0.15, 0.2) is 9.84 Å². The molecule has 1 aliphatic carbocycles. The van der Waals surface area contributed by atoms with Crippen LogP contribution in [-0.4, -0.2) is 38.5 Å². The monoisotopic (exact) mass is 311 g/mol. The van der Waals surface area contributed by atoms with E-state index in [2.05, 4.69) is 0 Å². The maximum atomic E-state index is 12.0. The van der Waals surface area contributed by atoms with Crippen LogP contribution in [0.3, 0.4) is 0 Å². The normalized spacial score (nSPS) is 17.9. The Morgan fingerprint density at radius 1 is 1.19 bits per heavy atom. The molecular weight excluding hydrogens is 286 g/mol. The maximum Gasteiger partial charge on any atom is 0.178 e. The second kappa shape index (κ2) is 6.36. The van der Waals surface area contributed by atoms with E-state index < -0.39 is 15.4 Å². The predicted octanol–water partition coefficient (Wildman–Crippen LogP) is 2.61. The van der Waals surface area contributed by atoms with Gasteiger partial charge in [0.1, 0.15) is 0 Å². The van der Waals surface area contributed by atoms with Gasteiger partial charge in [-0.15, -0.1) is 0 Å². The van der Waals surface area contributed by atoms with Crippen molar-refractivity contribution in [3.63, 3.8) is 0 Å². The first-order valence-electron chi connectivity index (χ1n) is 7.63. The number of anilines is 1. The van der Waals surface area contributed by atoms with E-state index in [1.807, 2.05) is 31.0 Å². The van der Waals surface area contributed by atoms with Gasteiger partial charge in [-0.3, -0.25) is 0 Å². The zero-order valence-corrected chi connectivity index (χ0v) is 13.7. The SMILES string of the molecule is CCCS(=O)(=O)c1ccc(N(C)CC2(O)CCCC2)cc1. The third-order valence-corrected chi connectivity index (χ3v) is 6.11. The Hall–Kier alpha value is -1.07. The number of rotatable bonds is 6. The highest BCUT2D eigenvalue weighted by Crippen LogP contribution is 2.31. The van der Waals surface area contributed by atoms with Gasteiger partial charge in [-0.05, 0) is 43.5 Å². The second-order valence-electron chi connectivity index (χ2n) is 6.10. The molecule has 2 rings (SSSR count). The molecule has 5 heteroatoms. The van der Waals surface area contributed by atoms with Crippen molar-refractivity contribution in [3.05, 3.63) is 24.3 Å². The van der Waals surface area contributed by atoms with Crippen molar-refractivity contribution in [3.8, 4) is 0 Å². The van der Waals surface area contributed by atoms with Crippen LogP contribution < -0.4 is 4.90 Å². The lowest BCUT2D eigenvalue weighted by Crippen LogP contribution is -2.39. The molecule has 21 heavy (non-hydrogen) atoms. The van der Waals surface area contributed by atoms with E-state index in [1.165, 1.54) is 0 Å². The first-order valence-corrected chi connectivity index (χ1v) is 9.28. The number of nitrogens with zero attached hydrogens (tertiary/aromatic N) is 1. The van der Waals surface area contributed by atoms with Crippen LogP contribution in [0.1, 0.15) is 39.0 Å². The average Bonchev–Trinajstić information content (AvgIpc) is 2.85. The summed E-state index contributed by atoms with van der Waals surface area (Å²) >= 11 is 0. The fourth-order valence-electron chi connectivity index (χ4n) is 3.02. The zero-order chi connectivity index (χ0) is 15.5. The van der Waals surface area contributed by atoms with Gasteiger partial charge in [0, 0.05) is 19.3 Å². The van der Waals surface area contributed by atoms with Crippen LogP contribution in [0.25, 0.3) is 0 Å². The summed E-state index contributed by atoms with van der Waals surface area (Å²) in [6, 6.07) is 6.97. The summed E-state index contributed by atoms with van der Waals surface area (Å²) in [5.74, 6) is 0.182. The largest absolute Gasteiger partial charge is 0.388 e. The molecule has 0 spiro atoms. The van der Waals surface area contributed by atoms with E-state index in [0.717, 1.165) is 31.4 Å². The number of likely N-dealkylation sites (N-methyl/N-ethyl adjacent to an activating group) is 1. The molecule has 1 aliphatic rings. The summed E-state index contributed by atoms with van der Waals surface area (Å²) in [5.41, 5.74) is 0.340. The van der Waals surface area contributed by atoms with Crippen molar-refractivity contribution >= 4 is 15.5 Å². The standard InChI is InChI=1S/C16H25NO3S/c1-3-12-21(19,20)15-8-6-14(7-9-15)17(2)13-16(18)10-4-5-11-16/h6-9,18H,3-5,10-13H2,1-2H3. The Morgan fingerprint density at radius 2 is 1.76 bits per heavy atom. The predicted molar refractivity (Wildman–Crippen MR) is 85.5 cm³/mol. The van der Waals surface area contributed by atoms with Gasteiger partial charge in [-0.1, -0.05) is 19.8 Å². The Kier molecular flexibility index (Phi) is 4.94. The Bertz CT molecular complexity index is 560. The number of hydrogen-bond donors (Lipinski definition) is 1. The second-order valence-corrected chi connectivity index (χ2v) is 8.21. The minimum atomic E-state index is -3.16.